The fraction of sp³-hybridized carbons (Fsp3) is 0.214. The van der Waals surface area contributed by atoms with Crippen LogP contribution in [-0.4, -0.2) is 24.4 Å². The van der Waals surface area contributed by atoms with Crippen molar-refractivity contribution >= 4 is 13.3 Å². The van der Waals surface area contributed by atoms with Crippen LogP contribution in [0, 0.1) is 0 Å². The maximum absolute atomic E-state index is 12.8. The fourth-order valence-corrected chi connectivity index (χ4v) is 3.45. The van der Waals surface area contributed by atoms with Gasteiger partial charge in [-0.2, -0.15) is 0 Å². The number of hydrogen-bond donors (Lipinski definition) is 1. The lowest BCUT2D eigenvalue weighted by Crippen LogP contribution is -2.26. The number of anilines is 1. The largest absolute Gasteiger partial charge is 0.359 e. The van der Waals surface area contributed by atoms with E-state index in [2.05, 4.69) is 4.98 Å². The Morgan fingerprint density at radius 1 is 1.14 bits per heavy atom. The van der Waals surface area contributed by atoms with Gasteiger partial charge in [-0.1, -0.05) is 24.3 Å². The molecule has 112 valence electrons. The van der Waals surface area contributed by atoms with Gasteiger partial charge in [-0.15, -0.1) is 0 Å². The van der Waals surface area contributed by atoms with Gasteiger partial charge in [0, 0.05) is 32.2 Å². The van der Waals surface area contributed by atoms with Crippen LogP contribution in [0.1, 0.15) is 11.3 Å². The Kier molecular flexibility index (Phi) is 5.09. The van der Waals surface area contributed by atoms with Crippen molar-refractivity contribution in [3.8, 4) is 0 Å². The van der Waals surface area contributed by atoms with E-state index < -0.39 is 13.4 Å². The Morgan fingerprint density at radius 3 is 2.33 bits per heavy atom. The zero-order valence-electron chi connectivity index (χ0n) is 11.8. The average molecular weight is 308 g/mol. The highest BCUT2D eigenvalue weighted by Gasteiger charge is 2.40. The van der Waals surface area contributed by atoms with Crippen LogP contribution in [0.5, 0.6) is 0 Å². The summed E-state index contributed by atoms with van der Waals surface area (Å²) in [6.45, 7) is 0. The number of pyridine rings is 1. The summed E-state index contributed by atoms with van der Waals surface area (Å²) in [6.07, 6.45) is 3.11. The molecule has 1 unspecified atom stereocenters. The van der Waals surface area contributed by atoms with Crippen LogP contribution in [0.4, 0.5) is 5.69 Å². The van der Waals surface area contributed by atoms with Gasteiger partial charge in [0.15, 0.2) is 5.78 Å². The molecule has 0 fully saturated rings. The van der Waals surface area contributed by atoms with Crippen LogP contribution < -0.4 is 5.06 Å². The minimum atomic E-state index is -3.60. The van der Waals surface area contributed by atoms with Crippen molar-refractivity contribution in [3.63, 3.8) is 0 Å². The predicted octanol–water partition coefficient (Wildman–Crippen LogP) is 3.46. The lowest BCUT2D eigenvalue weighted by molar-refractivity contribution is 0.204. The Bertz CT molecular complexity index is 601. The Hall–Kier alpha value is -1.72. The van der Waals surface area contributed by atoms with Gasteiger partial charge < -0.3 is 9.05 Å². The first-order chi connectivity index (χ1) is 10.1. The quantitative estimate of drug-likeness (QED) is 0.651. The zero-order chi connectivity index (χ0) is 15.3. The highest BCUT2D eigenvalue weighted by molar-refractivity contribution is 7.54. The molecule has 0 saturated heterocycles. The van der Waals surface area contributed by atoms with Gasteiger partial charge in [0.1, 0.15) is 0 Å². The molecular formula is C14H17N2O4P. The maximum atomic E-state index is 12.8. The van der Waals surface area contributed by atoms with Crippen LogP contribution in [0.2, 0.25) is 0 Å². The molecule has 0 amide bonds. The number of hydroxylamine groups is 1. The van der Waals surface area contributed by atoms with Gasteiger partial charge in [0.25, 0.3) is 0 Å². The van der Waals surface area contributed by atoms with Crippen LogP contribution in [-0.2, 0) is 13.6 Å². The molecule has 7 heteroatoms. The first-order valence-electron chi connectivity index (χ1n) is 6.26. The summed E-state index contributed by atoms with van der Waals surface area (Å²) in [4.78, 5) is 3.99. The van der Waals surface area contributed by atoms with E-state index in [1.165, 1.54) is 20.4 Å². The van der Waals surface area contributed by atoms with Crippen molar-refractivity contribution < 1.29 is 18.8 Å². The van der Waals surface area contributed by atoms with E-state index in [1.54, 1.807) is 42.6 Å². The summed E-state index contributed by atoms with van der Waals surface area (Å²) >= 11 is 0. The first-order valence-corrected chi connectivity index (χ1v) is 7.88. The van der Waals surface area contributed by atoms with Crippen molar-refractivity contribution in [3.05, 3.63) is 60.4 Å². The third-order valence-corrected chi connectivity index (χ3v) is 5.18. The molecule has 1 aromatic carbocycles. The molecule has 1 aromatic heterocycles. The summed E-state index contributed by atoms with van der Waals surface area (Å²) in [6, 6.07) is 12.1. The Morgan fingerprint density at radius 2 is 1.81 bits per heavy atom. The average Bonchev–Trinajstić information content (AvgIpc) is 2.56. The molecule has 0 radical (unpaired) electrons. The highest BCUT2D eigenvalue weighted by atomic mass is 31.2. The second-order valence-corrected chi connectivity index (χ2v) is 6.54. The number of benzene rings is 1. The molecule has 0 aliphatic heterocycles. The van der Waals surface area contributed by atoms with Gasteiger partial charge in [-0.3, -0.25) is 14.8 Å². The summed E-state index contributed by atoms with van der Waals surface area (Å²) in [7, 11) is -1.03. The SMILES string of the molecule is COP(=O)(OC)C(c1cccnc1)N(O)c1ccccc1. The highest BCUT2D eigenvalue weighted by Crippen LogP contribution is 2.61. The van der Waals surface area contributed by atoms with Crippen LogP contribution in [0.25, 0.3) is 0 Å². The molecule has 1 N–H and O–H groups in total. The molecule has 0 spiro atoms. The zero-order valence-corrected chi connectivity index (χ0v) is 12.7. The molecule has 1 atom stereocenters. The lowest BCUT2D eigenvalue weighted by atomic mass is 10.2. The molecule has 0 saturated carbocycles. The van der Waals surface area contributed by atoms with Gasteiger partial charge in [-0.25, -0.2) is 5.06 Å². The number of hydrogen-bond acceptors (Lipinski definition) is 6. The van der Waals surface area contributed by atoms with Gasteiger partial charge in [0.2, 0.25) is 0 Å². The minimum Gasteiger partial charge on any atom is -0.310 e. The third kappa shape index (κ3) is 3.31. The summed E-state index contributed by atoms with van der Waals surface area (Å²) < 4.78 is 22.9. The van der Waals surface area contributed by atoms with E-state index >= 15 is 0 Å². The van der Waals surface area contributed by atoms with E-state index in [0.29, 0.717) is 11.3 Å². The summed E-state index contributed by atoms with van der Waals surface area (Å²) in [5.41, 5.74) is 0.997. The van der Waals surface area contributed by atoms with E-state index in [4.69, 9.17) is 9.05 Å². The Labute approximate surface area is 123 Å². The van der Waals surface area contributed by atoms with Gasteiger partial charge in [0.05, 0.1) is 5.69 Å². The normalized spacial score (nSPS) is 12.9. The Balaban J connectivity index is 2.49. The topological polar surface area (TPSA) is 71.9 Å². The van der Waals surface area contributed by atoms with Gasteiger partial charge in [-0.05, 0) is 18.2 Å². The molecule has 21 heavy (non-hydrogen) atoms. The molecule has 0 aliphatic rings. The van der Waals surface area contributed by atoms with Crippen LogP contribution in [0.15, 0.2) is 54.9 Å². The van der Waals surface area contributed by atoms with E-state index in [1.807, 2.05) is 6.07 Å². The summed E-state index contributed by atoms with van der Waals surface area (Å²) in [5.74, 6) is -1.01. The molecule has 2 aromatic rings. The number of rotatable bonds is 6. The third-order valence-electron chi connectivity index (χ3n) is 3.04. The lowest BCUT2D eigenvalue weighted by Gasteiger charge is -2.31. The standard InChI is InChI=1S/C14H17N2O4P/c1-19-21(18,20-2)14(12-7-6-10-15-11-12)16(17)13-8-4-3-5-9-13/h3-11,14,17H,1-2H3. The second-order valence-electron chi connectivity index (χ2n) is 4.25. The van der Waals surface area contributed by atoms with Gasteiger partial charge >= 0.3 is 7.60 Å². The molecule has 0 bridgehead atoms. The fourth-order valence-electron chi connectivity index (χ4n) is 1.98. The van der Waals surface area contributed by atoms with Crippen molar-refractivity contribution in [1.82, 2.24) is 4.98 Å². The van der Waals surface area contributed by atoms with Crippen LogP contribution in [0.3, 0.4) is 0 Å². The molecule has 2 rings (SSSR count). The molecular weight excluding hydrogens is 291 g/mol. The molecule has 1 heterocycles. The first kappa shape index (κ1) is 15.7. The van der Waals surface area contributed by atoms with Crippen molar-refractivity contribution in [2.45, 2.75) is 5.78 Å². The second kappa shape index (κ2) is 6.83. The smallest absolute Gasteiger partial charge is 0.310 e. The molecule has 6 nitrogen and oxygen atoms in total. The number of para-hydroxylation sites is 1. The van der Waals surface area contributed by atoms with Crippen LogP contribution >= 0.6 is 7.60 Å². The van der Waals surface area contributed by atoms with E-state index in [0.717, 1.165) is 5.06 Å². The maximum Gasteiger partial charge on any atom is 0.359 e. The number of nitrogens with zero attached hydrogens (tertiary/aromatic N) is 2. The predicted molar refractivity (Wildman–Crippen MR) is 79.3 cm³/mol. The van der Waals surface area contributed by atoms with Crippen molar-refractivity contribution in [1.29, 1.82) is 0 Å². The minimum absolute atomic E-state index is 0.473. The van der Waals surface area contributed by atoms with E-state index in [-0.39, 0.29) is 0 Å². The van der Waals surface area contributed by atoms with Crippen molar-refractivity contribution in [2.24, 2.45) is 0 Å². The molecule has 0 aliphatic carbocycles. The number of aromatic nitrogens is 1. The van der Waals surface area contributed by atoms with E-state index in [9.17, 15) is 9.77 Å². The summed E-state index contributed by atoms with van der Waals surface area (Å²) in [5, 5.41) is 11.4. The van der Waals surface area contributed by atoms with Crippen molar-refractivity contribution in [2.75, 3.05) is 19.3 Å². The monoisotopic (exact) mass is 308 g/mol.